The van der Waals surface area contributed by atoms with Crippen molar-refractivity contribution in [2.45, 2.75) is 26.1 Å². The molecule has 0 saturated carbocycles. The van der Waals surface area contributed by atoms with Crippen LogP contribution in [0.5, 0.6) is 0 Å². The van der Waals surface area contributed by atoms with E-state index in [-0.39, 0.29) is 6.04 Å². The van der Waals surface area contributed by atoms with Crippen molar-refractivity contribution in [2.75, 3.05) is 7.11 Å². The highest BCUT2D eigenvalue weighted by Gasteiger charge is 2.29. The summed E-state index contributed by atoms with van der Waals surface area (Å²) in [6.45, 7) is 3.53. The molecule has 1 atom stereocenters. The first kappa shape index (κ1) is 17.5. The molecule has 0 spiro atoms. The van der Waals surface area contributed by atoms with Gasteiger partial charge in [-0.1, -0.05) is 72.8 Å². The molecule has 0 amide bonds. The molecule has 0 fully saturated rings. The first-order valence-corrected chi connectivity index (χ1v) is 9.29. The number of ether oxygens (including phenoxy) is 1. The molecule has 4 rings (SSSR count). The molecule has 0 aromatic heterocycles. The van der Waals surface area contributed by atoms with Gasteiger partial charge in [0.25, 0.3) is 0 Å². The number of hydrogen-bond donors (Lipinski definition) is 0. The predicted molar refractivity (Wildman–Crippen MR) is 110 cm³/mol. The van der Waals surface area contributed by atoms with Crippen molar-refractivity contribution in [3.8, 4) is 0 Å². The fourth-order valence-corrected chi connectivity index (χ4v) is 3.75. The lowest BCUT2D eigenvalue weighted by Gasteiger charge is -2.38. The van der Waals surface area contributed by atoms with Crippen LogP contribution in [-0.2, 0) is 17.9 Å². The Balaban J connectivity index is 1.80. The molecule has 27 heavy (non-hydrogen) atoms. The van der Waals surface area contributed by atoms with E-state index in [0.29, 0.717) is 6.61 Å². The molecule has 136 valence electrons. The maximum absolute atomic E-state index is 5.30. The van der Waals surface area contributed by atoms with Crippen molar-refractivity contribution in [1.82, 2.24) is 4.90 Å². The van der Waals surface area contributed by atoms with Gasteiger partial charge in [-0.3, -0.25) is 0 Å². The minimum atomic E-state index is 0.149. The third kappa shape index (κ3) is 3.64. The van der Waals surface area contributed by atoms with Gasteiger partial charge >= 0.3 is 0 Å². The molecule has 3 aromatic rings. The molecular weight excluding hydrogens is 332 g/mol. The van der Waals surface area contributed by atoms with E-state index in [2.05, 4.69) is 90.7 Å². The molecule has 0 saturated heterocycles. The molecular formula is C24H24N2O. The number of benzene rings is 3. The van der Waals surface area contributed by atoms with Crippen LogP contribution in [0.1, 0.15) is 35.2 Å². The zero-order chi connectivity index (χ0) is 18.6. The Morgan fingerprint density at radius 3 is 2.30 bits per heavy atom. The third-order valence-corrected chi connectivity index (χ3v) is 5.02. The summed E-state index contributed by atoms with van der Waals surface area (Å²) in [6.07, 6.45) is 0. The summed E-state index contributed by atoms with van der Waals surface area (Å²) in [7, 11) is 1.72. The van der Waals surface area contributed by atoms with Crippen LogP contribution in [0, 0.1) is 0 Å². The Morgan fingerprint density at radius 1 is 0.889 bits per heavy atom. The minimum absolute atomic E-state index is 0.149. The van der Waals surface area contributed by atoms with Gasteiger partial charge in [0.1, 0.15) is 5.84 Å². The van der Waals surface area contributed by atoms with Crippen LogP contribution in [0.4, 0.5) is 5.69 Å². The molecule has 3 heteroatoms. The highest BCUT2D eigenvalue weighted by molar-refractivity contribution is 5.86. The molecule has 0 bridgehead atoms. The molecule has 0 aliphatic carbocycles. The fraction of sp³-hybridized carbons (Fsp3) is 0.208. The Morgan fingerprint density at radius 2 is 1.59 bits per heavy atom. The van der Waals surface area contributed by atoms with Crippen molar-refractivity contribution in [1.29, 1.82) is 0 Å². The number of amidine groups is 1. The minimum Gasteiger partial charge on any atom is -0.380 e. The predicted octanol–water partition coefficient (Wildman–Crippen LogP) is 5.49. The fourth-order valence-electron chi connectivity index (χ4n) is 3.75. The lowest BCUT2D eigenvalue weighted by atomic mass is 9.92. The third-order valence-electron chi connectivity index (χ3n) is 5.02. The largest absolute Gasteiger partial charge is 0.380 e. The lowest BCUT2D eigenvalue weighted by molar-refractivity contribution is 0.185. The summed E-state index contributed by atoms with van der Waals surface area (Å²) in [6, 6.07) is 27.9. The van der Waals surface area contributed by atoms with E-state index in [4.69, 9.17) is 9.73 Å². The van der Waals surface area contributed by atoms with E-state index in [1.807, 2.05) is 0 Å². The van der Waals surface area contributed by atoms with E-state index < -0.39 is 0 Å². The maximum atomic E-state index is 5.30. The van der Waals surface area contributed by atoms with Crippen molar-refractivity contribution in [3.05, 3.63) is 101 Å². The lowest BCUT2D eigenvalue weighted by Crippen LogP contribution is -2.35. The highest BCUT2D eigenvalue weighted by atomic mass is 16.5. The van der Waals surface area contributed by atoms with Gasteiger partial charge in [-0.2, -0.15) is 0 Å². The molecule has 0 radical (unpaired) electrons. The topological polar surface area (TPSA) is 24.8 Å². The average Bonchev–Trinajstić information content (AvgIpc) is 2.70. The van der Waals surface area contributed by atoms with Gasteiger partial charge in [0.05, 0.1) is 18.3 Å². The monoisotopic (exact) mass is 356 g/mol. The van der Waals surface area contributed by atoms with Gasteiger partial charge < -0.3 is 9.64 Å². The molecule has 1 unspecified atom stereocenters. The summed E-state index contributed by atoms with van der Waals surface area (Å²) < 4.78 is 5.30. The first-order chi connectivity index (χ1) is 13.3. The van der Waals surface area contributed by atoms with Crippen LogP contribution in [0.25, 0.3) is 0 Å². The van der Waals surface area contributed by atoms with Crippen LogP contribution in [-0.4, -0.2) is 17.8 Å². The van der Waals surface area contributed by atoms with Crippen molar-refractivity contribution in [3.63, 3.8) is 0 Å². The SMILES string of the molecule is COCc1ccc2c(c1)N=C(C)N(Cc1ccccc1)C2c1ccccc1. The molecule has 1 aliphatic rings. The van der Waals surface area contributed by atoms with Gasteiger partial charge in [-0.05, 0) is 29.7 Å². The van der Waals surface area contributed by atoms with E-state index in [1.165, 1.54) is 16.7 Å². The van der Waals surface area contributed by atoms with Gasteiger partial charge in [-0.15, -0.1) is 0 Å². The van der Waals surface area contributed by atoms with Gasteiger partial charge in [0, 0.05) is 19.2 Å². The highest BCUT2D eigenvalue weighted by Crippen LogP contribution is 2.40. The number of rotatable bonds is 5. The zero-order valence-electron chi connectivity index (χ0n) is 15.8. The van der Waals surface area contributed by atoms with E-state index in [9.17, 15) is 0 Å². The summed E-state index contributed by atoms with van der Waals surface area (Å²) in [5.41, 5.74) is 6.00. The first-order valence-electron chi connectivity index (χ1n) is 9.29. The van der Waals surface area contributed by atoms with Gasteiger partial charge in [0.15, 0.2) is 0 Å². The Kier molecular flexibility index (Phi) is 5.03. The van der Waals surface area contributed by atoms with Crippen LogP contribution < -0.4 is 0 Å². The normalized spacial score (nSPS) is 16.0. The standard InChI is InChI=1S/C24H24N2O/c1-18-25-23-15-20(17-27-2)13-14-22(23)24(21-11-7-4-8-12-21)26(18)16-19-9-5-3-6-10-19/h3-15,24H,16-17H2,1-2H3. The van der Waals surface area contributed by atoms with Crippen molar-refractivity contribution >= 4 is 11.5 Å². The summed E-state index contributed by atoms with van der Waals surface area (Å²) in [5, 5.41) is 0. The molecule has 1 heterocycles. The van der Waals surface area contributed by atoms with Gasteiger partial charge in [0.2, 0.25) is 0 Å². The Labute approximate surface area is 160 Å². The van der Waals surface area contributed by atoms with E-state index >= 15 is 0 Å². The van der Waals surface area contributed by atoms with Crippen LogP contribution in [0.3, 0.4) is 0 Å². The van der Waals surface area contributed by atoms with Crippen LogP contribution in [0.2, 0.25) is 0 Å². The van der Waals surface area contributed by atoms with Crippen molar-refractivity contribution in [2.24, 2.45) is 4.99 Å². The smallest absolute Gasteiger partial charge is 0.103 e. The molecule has 0 N–H and O–H groups in total. The average molecular weight is 356 g/mol. The molecule has 1 aliphatic heterocycles. The molecule has 3 aromatic carbocycles. The second-order valence-corrected chi connectivity index (χ2v) is 6.91. The Bertz CT molecular complexity index is 935. The van der Waals surface area contributed by atoms with Crippen molar-refractivity contribution < 1.29 is 4.74 Å². The van der Waals surface area contributed by atoms with E-state index in [1.54, 1.807) is 7.11 Å². The zero-order valence-corrected chi connectivity index (χ0v) is 15.8. The summed E-state index contributed by atoms with van der Waals surface area (Å²) >= 11 is 0. The molecule has 3 nitrogen and oxygen atoms in total. The number of nitrogens with zero attached hydrogens (tertiary/aromatic N) is 2. The van der Waals surface area contributed by atoms with Crippen LogP contribution in [0.15, 0.2) is 83.9 Å². The summed E-state index contributed by atoms with van der Waals surface area (Å²) in [4.78, 5) is 7.32. The maximum Gasteiger partial charge on any atom is 0.103 e. The number of hydrogen-bond acceptors (Lipinski definition) is 3. The number of aliphatic imine (C=N–C) groups is 1. The number of methoxy groups -OCH3 is 1. The van der Waals surface area contributed by atoms with Gasteiger partial charge in [-0.25, -0.2) is 4.99 Å². The second-order valence-electron chi connectivity index (χ2n) is 6.91. The van der Waals surface area contributed by atoms with Crippen LogP contribution >= 0.6 is 0 Å². The summed E-state index contributed by atoms with van der Waals surface area (Å²) in [5.74, 6) is 1.04. The Hall–Kier alpha value is -2.91. The number of fused-ring (bicyclic) bond motifs is 1. The van der Waals surface area contributed by atoms with E-state index in [0.717, 1.165) is 23.6 Å². The second kappa shape index (κ2) is 7.77. The quantitative estimate of drug-likeness (QED) is 0.604.